The van der Waals surface area contributed by atoms with Gasteiger partial charge in [0, 0.05) is 18.9 Å². The van der Waals surface area contributed by atoms with Crippen LogP contribution >= 0.6 is 11.8 Å². The highest BCUT2D eigenvalue weighted by Gasteiger charge is 2.11. The van der Waals surface area contributed by atoms with E-state index in [1.807, 2.05) is 54.0 Å². The lowest BCUT2D eigenvalue weighted by molar-refractivity contribution is 0.164. The van der Waals surface area contributed by atoms with Gasteiger partial charge in [-0.2, -0.15) is 0 Å². The van der Waals surface area contributed by atoms with E-state index in [1.165, 1.54) is 5.56 Å². The molecule has 0 radical (unpaired) electrons. The van der Waals surface area contributed by atoms with Crippen molar-refractivity contribution in [3.8, 4) is 0 Å². The van der Waals surface area contributed by atoms with Crippen molar-refractivity contribution in [2.24, 2.45) is 0 Å². The van der Waals surface area contributed by atoms with E-state index in [1.54, 1.807) is 11.8 Å². The third kappa shape index (κ3) is 4.74. The van der Waals surface area contributed by atoms with Crippen LogP contribution in [-0.4, -0.2) is 28.5 Å². The minimum atomic E-state index is 0.0440. The minimum absolute atomic E-state index is 0.0440. The van der Waals surface area contributed by atoms with E-state index in [-0.39, 0.29) is 5.56 Å². The molecule has 0 amide bonds. The highest BCUT2D eigenvalue weighted by Crippen LogP contribution is 2.18. The fourth-order valence-corrected chi connectivity index (χ4v) is 3.75. The van der Waals surface area contributed by atoms with Gasteiger partial charge in [0.2, 0.25) is 0 Å². The number of aryl methyl sites for hydroxylation is 1. The first-order valence-electron chi connectivity index (χ1n) is 9.03. The standard InChI is InChI=1S/C21H24N2O2S/c1-2-25-15-16-26-21-22-19-13-7-6-12-18(19)20(24)23(21)14-8-11-17-9-4-3-5-10-17/h3-7,9-10,12-13H,2,8,11,14-16H2,1H3. The van der Waals surface area contributed by atoms with Crippen molar-refractivity contribution in [1.29, 1.82) is 0 Å². The fraction of sp³-hybridized carbons (Fsp3) is 0.333. The number of aromatic nitrogens is 2. The van der Waals surface area contributed by atoms with Crippen molar-refractivity contribution in [3.05, 3.63) is 70.5 Å². The number of fused-ring (bicyclic) bond motifs is 1. The van der Waals surface area contributed by atoms with Crippen LogP contribution in [-0.2, 0) is 17.7 Å². The third-order valence-corrected chi connectivity index (χ3v) is 5.12. The predicted molar refractivity (Wildman–Crippen MR) is 108 cm³/mol. The lowest BCUT2D eigenvalue weighted by atomic mass is 10.1. The van der Waals surface area contributed by atoms with Crippen LogP contribution in [0.4, 0.5) is 0 Å². The Morgan fingerprint density at radius 2 is 1.85 bits per heavy atom. The van der Waals surface area contributed by atoms with Crippen LogP contribution in [0, 0.1) is 0 Å². The van der Waals surface area contributed by atoms with Gasteiger partial charge in [0.15, 0.2) is 5.16 Å². The Labute approximate surface area is 158 Å². The summed E-state index contributed by atoms with van der Waals surface area (Å²) in [6, 6.07) is 17.9. The molecule has 0 atom stereocenters. The minimum Gasteiger partial charge on any atom is -0.381 e. The zero-order chi connectivity index (χ0) is 18.2. The number of hydrogen-bond donors (Lipinski definition) is 0. The lowest BCUT2D eigenvalue weighted by Crippen LogP contribution is -2.24. The van der Waals surface area contributed by atoms with E-state index < -0.39 is 0 Å². The molecular weight excluding hydrogens is 344 g/mol. The molecule has 0 aliphatic heterocycles. The average Bonchev–Trinajstić information content (AvgIpc) is 2.68. The van der Waals surface area contributed by atoms with E-state index in [4.69, 9.17) is 9.72 Å². The van der Waals surface area contributed by atoms with E-state index >= 15 is 0 Å². The number of hydrogen-bond acceptors (Lipinski definition) is 4. The fourth-order valence-electron chi connectivity index (χ4n) is 2.88. The van der Waals surface area contributed by atoms with Crippen molar-refractivity contribution < 1.29 is 4.74 Å². The molecule has 26 heavy (non-hydrogen) atoms. The molecule has 5 heteroatoms. The van der Waals surface area contributed by atoms with Crippen LogP contribution in [0.5, 0.6) is 0 Å². The summed E-state index contributed by atoms with van der Waals surface area (Å²) in [7, 11) is 0. The maximum absolute atomic E-state index is 13.0. The Morgan fingerprint density at radius 3 is 2.65 bits per heavy atom. The van der Waals surface area contributed by atoms with Gasteiger partial charge in [0.25, 0.3) is 5.56 Å². The number of thioether (sulfide) groups is 1. The van der Waals surface area contributed by atoms with Gasteiger partial charge in [-0.05, 0) is 37.5 Å². The van der Waals surface area contributed by atoms with Gasteiger partial charge in [-0.1, -0.05) is 54.2 Å². The molecule has 0 saturated carbocycles. The van der Waals surface area contributed by atoms with Gasteiger partial charge in [-0.15, -0.1) is 0 Å². The van der Waals surface area contributed by atoms with E-state index in [0.29, 0.717) is 25.1 Å². The zero-order valence-corrected chi connectivity index (χ0v) is 15.9. The number of nitrogens with zero attached hydrogens (tertiary/aromatic N) is 2. The molecule has 1 aromatic heterocycles. The van der Waals surface area contributed by atoms with Gasteiger partial charge in [0.05, 0.1) is 17.5 Å². The van der Waals surface area contributed by atoms with E-state index in [0.717, 1.165) is 29.3 Å². The van der Waals surface area contributed by atoms with Crippen LogP contribution < -0.4 is 5.56 Å². The van der Waals surface area contributed by atoms with E-state index in [9.17, 15) is 4.79 Å². The molecule has 0 aliphatic rings. The molecule has 0 aliphatic carbocycles. The summed E-state index contributed by atoms with van der Waals surface area (Å²) < 4.78 is 7.24. The van der Waals surface area contributed by atoms with Gasteiger partial charge in [-0.3, -0.25) is 9.36 Å². The lowest BCUT2D eigenvalue weighted by Gasteiger charge is -2.13. The number of rotatable bonds is 9. The monoisotopic (exact) mass is 368 g/mol. The van der Waals surface area contributed by atoms with Crippen LogP contribution in [0.2, 0.25) is 0 Å². The molecule has 4 nitrogen and oxygen atoms in total. The van der Waals surface area contributed by atoms with Gasteiger partial charge in [-0.25, -0.2) is 4.98 Å². The normalized spacial score (nSPS) is 11.1. The molecule has 0 unspecified atom stereocenters. The second kappa shape index (κ2) is 9.55. The van der Waals surface area contributed by atoms with Crippen molar-refractivity contribution in [2.45, 2.75) is 31.5 Å². The Kier molecular flexibility index (Phi) is 6.86. The van der Waals surface area contributed by atoms with Crippen LogP contribution in [0.1, 0.15) is 18.9 Å². The average molecular weight is 369 g/mol. The predicted octanol–water partition coefficient (Wildman–Crippen LogP) is 4.16. The summed E-state index contributed by atoms with van der Waals surface area (Å²) in [6.45, 7) is 4.02. The molecule has 3 rings (SSSR count). The first kappa shape index (κ1) is 18.7. The summed E-state index contributed by atoms with van der Waals surface area (Å²) in [5, 5.41) is 1.46. The summed E-state index contributed by atoms with van der Waals surface area (Å²) in [4.78, 5) is 17.7. The molecule has 0 fully saturated rings. The summed E-state index contributed by atoms with van der Waals surface area (Å²) in [6.07, 6.45) is 1.85. The Bertz CT molecular complexity index is 893. The van der Waals surface area contributed by atoms with Crippen molar-refractivity contribution >= 4 is 22.7 Å². The molecule has 0 bridgehead atoms. The summed E-state index contributed by atoms with van der Waals surface area (Å²) >= 11 is 1.59. The smallest absolute Gasteiger partial charge is 0.262 e. The van der Waals surface area contributed by atoms with Gasteiger partial charge < -0.3 is 4.74 Å². The molecule has 0 spiro atoms. The largest absolute Gasteiger partial charge is 0.381 e. The topological polar surface area (TPSA) is 44.1 Å². The van der Waals surface area contributed by atoms with Gasteiger partial charge in [0.1, 0.15) is 0 Å². The van der Waals surface area contributed by atoms with Crippen molar-refractivity contribution in [1.82, 2.24) is 9.55 Å². The maximum Gasteiger partial charge on any atom is 0.262 e. The zero-order valence-electron chi connectivity index (χ0n) is 15.1. The van der Waals surface area contributed by atoms with Crippen LogP contribution in [0.15, 0.2) is 64.5 Å². The number of para-hydroxylation sites is 1. The highest BCUT2D eigenvalue weighted by atomic mass is 32.2. The number of benzene rings is 2. The van der Waals surface area contributed by atoms with Crippen LogP contribution in [0.25, 0.3) is 10.9 Å². The maximum atomic E-state index is 13.0. The highest BCUT2D eigenvalue weighted by molar-refractivity contribution is 7.99. The van der Waals surface area contributed by atoms with Crippen LogP contribution in [0.3, 0.4) is 0 Å². The number of ether oxygens (including phenoxy) is 1. The summed E-state index contributed by atoms with van der Waals surface area (Å²) in [5.41, 5.74) is 2.10. The molecule has 0 N–H and O–H groups in total. The SMILES string of the molecule is CCOCCSc1nc2ccccc2c(=O)n1CCCc1ccccc1. The molecular formula is C21H24N2O2S. The van der Waals surface area contributed by atoms with Crippen molar-refractivity contribution in [2.75, 3.05) is 19.0 Å². The molecule has 2 aromatic carbocycles. The Hall–Kier alpha value is -2.11. The third-order valence-electron chi connectivity index (χ3n) is 4.18. The molecule has 0 saturated heterocycles. The second-order valence-corrected chi connectivity index (χ2v) is 7.06. The first-order valence-corrected chi connectivity index (χ1v) is 10.0. The van der Waals surface area contributed by atoms with Gasteiger partial charge >= 0.3 is 0 Å². The summed E-state index contributed by atoms with van der Waals surface area (Å²) in [5.74, 6) is 0.789. The Morgan fingerprint density at radius 1 is 1.08 bits per heavy atom. The second-order valence-electron chi connectivity index (χ2n) is 6.00. The quantitative estimate of drug-likeness (QED) is 0.323. The first-order chi connectivity index (χ1) is 12.8. The molecule has 3 aromatic rings. The Balaban J connectivity index is 1.80. The van der Waals surface area contributed by atoms with Crippen molar-refractivity contribution in [3.63, 3.8) is 0 Å². The molecule has 136 valence electrons. The van der Waals surface area contributed by atoms with E-state index in [2.05, 4.69) is 12.1 Å². The molecule has 1 heterocycles.